The van der Waals surface area contributed by atoms with E-state index >= 15 is 0 Å². The summed E-state index contributed by atoms with van der Waals surface area (Å²) in [7, 11) is 1.58. The van der Waals surface area contributed by atoms with Gasteiger partial charge in [0.05, 0.1) is 19.8 Å². The van der Waals surface area contributed by atoms with Gasteiger partial charge in [0.2, 0.25) is 0 Å². The molecule has 24 heavy (non-hydrogen) atoms. The fourth-order valence-corrected chi connectivity index (χ4v) is 2.52. The number of fused-ring (bicyclic) bond motifs is 1. The van der Waals surface area contributed by atoms with Crippen LogP contribution in [-0.4, -0.2) is 13.1 Å². The monoisotopic (exact) mass is 328 g/mol. The van der Waals surface area contributed by atoms with Gasteiger partial charge >= 0.3 is 5.97 Å². The third-order valence-corrected chi connectivity index (χ3v) is 3.85. The van der Waals surface area contributed by atoms with E-state index in [0.717, 1.165) is 16.5 Å². The number of hydrogen-bond donors (Lipinski definition) is 0. The number of esters is 1. The summed E-state index contributed by atoms with van der Waals surface area (Å²) >= 11 is 0. The molecule has 2 aromatic carbocycles. The summed E-state index contributed by atoms with van der Waals surface area (Å²) in [5.41, 5.74) is 2.15. The standard InChI is InChI=1S/C19H17FO4/c1-12(13-3-5-15(20)6-4-13)24-19(21)9-14-11-23-18-10-16(22-2)7-8-17(14)18/h3-8,10-12H,9H2,1-2H3/t12-/m1/s1. The zero-order valence-electron chi connectivity index (χ0n) is 13.4. The van der Waals surface area contributed by atoms with Crippen molar-refractivity contribution in [3.63, 3.8) is 0 Å². The van der Waals surface area contributed by atoms with Crippen molar-refractivity contribution < 1.29 is 23.1 Å². The lowest BCUT2D eigenvalue weighted by atomic mass is 10.1. The zero-order valence-corrected chi connectivity index (χ0v) is 13.4. The smallest absolute Gasteiger partial charge is 0.311 e. The minimum absolute atomic E-state index is 0.102. The van der Waals surface area contributed by atoms with E-state index in [9.17, 15) is 9.18 Å². The SMILES string of the molecule is COc1ccc2c(CC(=O)O[C@H](C)c3ccc(F)cc3)coc2c1. The van der Waals surface area contributed by atoms with Crippen molar-refractivity contribution in [3.8, 4) is 5.75 Å². The van der Waals surface area contributed by atoms with Crippen LogP contribution in [0.2, 0.25) is 0 Å². The molecule has 0 N–H and O–H groups in total. The molecule has 1 aromatic heterocycles. The lowest BCUT2D eigenvalue weighted by Crippen LogP contribution is -2.11. The van der Waals surface area contributed by atoms with E-state index in [1.54, 1.807) is 38.5 Å². The quantitative estimate of drug-likeness (QED) is 0.650. The van der Waals surface area contributed by atoms with Gasteiger partial charge in [-0.25, -0.2) is 4.39 Å². The summed E-state index contributed by atoms with van der Waals surface area (Å²) < 4.78 is 29.0. The van der Waals surface area contributed by atoms with Crippen molar-refractivity contribution in [2.45, 2.75) is 19.4 Å². The third kappa shape index (κ3) is 3.40. The van der Waals surface area contributed by atoms with E-state index in [0.29, 0.717) is 11.3 Å². The third-order valence-electron chi connectivity index (χ3n) is 3.85. The molecule has 0 saturated carbocycles. The molecule has 5 heteroatoms. The Bertz CT molecular complexity index is 851. The largest absolute Gasteiger partial charge is 0.497 e. The van der Waals surface area contributed by atoms with Crippen LogP contribution >= 0.6 is 0 Å². The number of furan rings is 1. The molecule has 0 unspecified atom stereocenters. The first-order chi connectivity index (χ1) is 11.6. The highest BCUT2D eigenvalue weighted by Gasteiger charge is 2.15. The van der Waals surface area contributed by atoms with Crippen molar-refractivity contribution in [2.24, 2.45) is 0 Å². The van der Waals surface area contributed by atoms with Crippen LogP contribution in [0.1, 0.15) is 24.2 Å². The summed E-state index contributed by atoms with van der Waals surface area (Å²) in [6.45, 7) is 1.75. The minimum atomic E-state index is -0.448. The summed E-state index contributed by atoms with van der Waals surface area (Å²) in [5.74, 6) is -0.00109. The van der Waals surface area contributed by atoms with Crippen LogP contribution < -0.4 is 4.74 Å². The number of halogens is 1. The molecule has 0 aliphatic rings. The molecule has 0 amide bonds. The number of hydrogen-bond acceptors (Lipinski definition) is 4. The first kappa shape index (κ1) is 16.1. The normalized spacial score (nSPS) is 12.1. The molecule has 1 atom stereocenters. The molecule has 4 nitrogen and oxygen atoms in total. The maximum atomic E-state index is 12.9. The number of rotatable bonds is 5. The average Bonchev–Trinajstić information content (AvgIpc) is 2.97. The Kier molecular flexibility index (Phi) is 4.51. The van der Waals surface area contributed by atoms with E-state index in [1.165, 1.54) is 12.1 Å². The van der Waals surface area contributed by atoms with Crippen molar-refractivity contribution in [1.82, 2.24) is 0 Å². The van der Waals surface area contributed by atoms with Crippen molar-refractivity contribution in [2.75, 3.05) is 7.11 Å². The summed E-state index contributed by atoms with van der Waals surface area (Å²) in [5, 5.41) is 0.849. The van der Waals surface area contributed by atoms with Gasteiger partial charge < -0.3 is 13.9 Å². The summed E-state index contributed by atoms with van der Waals surface area (Å²) in [6.07, 6.45) is 1.20. The van der Waals surface area contributed by atoms with Gasteiger partial charge in [-0.2, -0.15) is 0 Å². The lowest BCUT2D eigenvalue weighted by molar-refractivity contribution is -0.147. The molecule has 0 bridgehead atoms. The van der Waals surface area contributed by atoms with Crippen LogP contribution in [0.25, 0.3) is 11.0 Å². The Morgan fingerprint density at radius 3 is 2.67 bits per heavy atom. The topological polar surface area (TPSA) is 48.7 Å². The van der Waals surface area contributed by atoms with E-state index in [4.69, 9.17) is 13.9 Å². The minimum Gasteiger partial charge on any atom is -0.497 e. The van der Waals surface area contributed by atoms with Crippen molar-refractivity contribution >= 4 is 16.9 Å². The molecule has 0 aliphatic heterocycles. The highest BCUT2D eigenvalue weighted by Crippen LogP contribution is 2.26. The highest BCUT2D eigenvalue weighted by molar-refractivity contribution is 5.86. The van der Waals surface area contributed by atoms with Gasteiger partial charge in [0.15, 0.2) is 0 Å². The van der Waals surface area contributed by atoms with Gasteiger partial charge in [-0.15, -0.1) is 0 Å². The number of benzene rings is 2. The molecular formula is C19H17FO4. The molecule has 0 saturated heterocycles. The second-order valence-corrected chi connectivity index (χ2v) is 5.48. The van der Waals surface area contributed by atoms with Gasteiger partial charge in [-0.1, -0.05) is 12.1 Å². The molecule has 0 fully saturated rings. The van der Waals surface area contributed by atoms with E-state index in [1.807, 2.05) is 12.1 Å². The Morgan fingerprint density at radius 1 is 1.21 bits per heavy atom. The zero-order chi connectivity index (χ0) is 17.1. The molecule has 0 radical (unpaired) electrons. The highest BCUT2D eigenvalue weighted by atomic mass is 19.1. The van der Waals surface area contributed by atoms with Gasteiger partial charge in [-0.3, -0.25) is 4.79 Å². The van der Waals surface area contributed by atoms with Crippen LogP contribution in [-0.2, 0) is 16.0 Å². The second kappa shape index (κ2) is 6.74. The van der Waals surface area contributed by atoms with Crippen LogP contribution in [0.4, 0.5) is 4.39 Å². The Morgan fingerprint density at radius 2 is 1.96 bits per heavy atom. The van der Waals surface area contributed by atoms with E-state index in [2.05, 4.69) is 0 Å². The molecule has 0 aliphatic carbocycles. The van der Waals surface area contributed by atoms with Crippen molar-refractivity contribution in [3.05, 3.63) is 65.7 Å². The number of methoxy groups -OCH3 is 1. The maximum absolute atomic E-state index is 12.9. The Labute approximate surface area is 138 Å². The fourth-order valence-electron chi connectivity index (χ4n) is 2.52. The van der Waals surface area contributed by atoms with E-state index in [-0.39, 0.29) is 18.2 Å². The molecule has 0 spiro atoms. The average molecular weight is 328 g/mol. The molecule has 3 rings (SSSR count). The van der Waals surface area contributed by atoms with Gasteiger partial charge in [0.25, 0.3) is 0 Å². The van der Waals surface area contributed by atoms with Gasteiger partial charge in [-0.05, 0) is 36.8 Å². The van der Waals surface area contributed by atoms with Crippen LogP contribution in [0.15, 0.2) is 53.1 Å². The molecule has 3 aromatic rings. The van der Waals surface area contributed by atoms with E-state index < -0.39 is 6.10 Å². The predicted octanol–water partition coefficient (Wildman–Crippen LogP) is 4.43. The Balaban J connectivity index is 1.69. The first-order valence-corrected chi connectivity index (χ1v) is 7.56. The predicted molar refractivity (Wildman–Crippen MR) is 87.4 cm³/mol. The fraction of sp³-hybridized carbons (Fsp3) is 0.211. The van der Waals surface area contributed by atoms with Crippen LogP contribution in [0, 0.1) is 5.82 Å². The Hall–Kier alpha value is -2.82. The van der Waals surface area contributed by atoms with Gasteiger partial charge in [0, 0.05) is 17.0 Å². The number of ether oxygens (including phenoxy) is 2. The second-order valence-electron chi connectivity index (χ2n) is 5.48. The van der Waals surface area contributed by atoms with Crippen molar-refractivity contribution in [1.29, 1.82) is 0 Å². The maximum Gasteiger partial charge on any atom is 0.311 e. The number of carbonyl (C=O) groups is 1. The lowest BCUT2D eigenvalue weighted by Gasteiger charge is -2.13. The van der Waals surface area contributed by atoms with Crippen LogP contribution in [0.3, 0.4) is 0 Å². The number of carbonyl (C=O) groups excluding carboxylic acids is 1. The van der Waals surface area contributed by atoms with Crippen LogP contribution in [0.5, 0.6) is 5.75 Å². The molecular weight excluding hydrogens is 311 g/mol. The van der Waals surface area contributed by atoms with Gasteiger partial charge in [0.1, 0.15) is 23.3 Å². The molecule has 124 valence electrons. The summed E-state index contributed by atoms with van der Waals surface area (Å²) in [4.78, 5) is 12.2. The molecule has 1 heterocycles. The first-order valence-electron chi connectivity index (χ1n) is 7.56. The summed E-state index contributed by atoms with van der Waals surface area (Å²) in [6, 6.07) is 11.3.